The largest absolute Gasteiger partial charge is 0.493 e. The third-order valence-electron chi connectivity index (χ3n) is 7.38. The maximum Gasteiger partial charge on any atom is 0.259 e. The Morgan fingerprint density at radius 3 is 2.51 bits per heavy atom. The van der Waals surface area contributed by atoms with Crippen LogP contribution in [-0.4, -0.2) is 65.7 Å². The number of ether oxygens (including phenoxy) is 4. The van der Waals surface area contributed by atoms with Crippen molar-refractivity contribution in [1.82, 2.24) is 19.4 Å². The first-order valence-corrected chi connectivity index (χ1v) is 16.1. The minimum Gasteiger partial charge on any atom is -0.493 e. The average molecular weight is 619 g/mol. The van der Waals surface area contributed by atoms with Gasteiger partial charge in [-0.3, -0.25) is 14.6 Å². The van der Waals surface area contributed by atoms with Gasteiger partial charge in [0.15, 0.2) is 23.0 Å². The van der Waals surface area contributed by atoms with Crippen molar-refractivity contribution in [3.8, 4) is 23.0 Å². The zero-order valence-electron chi connectivity index (χ0n) is 24.0. The third-order valence-corrected chi connectivity index (χ3v) is 9.73. The van der Waals surface area contributed by atoms with Crippen molar-refractivity contribution in [3.63, 3.8) is 0 Å². The van der Waals surface area contributed by atoms with E-state index in [0.29, 0.717) is 64.3 Å². The number of fused-ring (bicyclic) bond motifs is 6. The van der Waals surface area contributed by atoms with Gasteiger partial charge < -0.3 is 28.4 Å². The van der Waals surface area contributed by atoms with Crippen molar-refractivity contribution >= 4 is 60.1 Å². The molecule has 6 rings (SSSR count). The van der Waals surface area contributed by atoms with Crippen molar-refractivity contribution in [2.45, 2.75) is 24.4 Å². The second-order valence-corrected chi connectivity index (χ2v) is 12.4. The Morgan fingerprint density at radius 1 is 1.00 bits per heavy atom. The maximum atomic E-state index is 14.1. The van der Waals surface area contributed by atoms with Crippen molar-refractivity contribution in [2.24, 2.45) is 0 Å². The quantitative estimate of drug-likeness (QED) is 0.107. The Hall–Kier alpha value is -4.16. The summed E-state index contributed by atoms with van der Waals surface area (Å²) in [5.41, 5.74) is 1.18. The molecule has 0 atom stereocenters. The van der Waals surface area contributed by atoms with Crippen LogP contribution in [0.15, 0.2) is 64.7 Å². The maximum absolute atomic E-state index is 14.1. The van der Waals surface area contributed by atoms with Gasteiger partial charge in [0.25, 0.3) is 5.56 Å². The summed E-state index contributed by atoms with van der Waals surface area (Å²) in [4.78, 5) is 37.8. The highest BCUT2D eigenvalue weighted by Crippen LogP contribution is 2.40. The van der Waals surface area contributed by atoms with Crippen LogP contribution in [-0.2, 0) is 11.3 Å². The Bertz CT molecular complexity index is 1880. The summed E-state index contributed by atoms with van der Waals surface area (Å²) in [5, 5.41) is 3.66. The van der Waals surface area contributed by atoms with Gasteiger partial charge >= 0.3 is 0 Å². The Morgan fingerprint density at radius 2 is 1.77 bits per heavy atom. The van der Waals surface area contributed by atoms with E-state index in [9.17, 15) is 9.59 Å². The first-order valence-electron chi connectivity index (χ1n) is 13.7. The highest BCUT2D eigenvalue weighted by atomic mass is 33.1. The lowest BCUT2D eigenvalue weighted by Crippen LogP contribution is -2.33. The predicted octanol–water partition coefficient (Wildman–Crippen LogP) is 5.52. The molecule has 0 unspecified atom stereocenters. The number of carbonyl (C=O) groups excluding carboxylic acids is 1. The highest BCUT2D eigenvalue weighted by Gasteiger charge is 2.21. The summed E-state index contributed by atoms with van der Waals surface area (Å²) in [7, 11) is 8.17. The summed E-state index contributed by atoms with van der Waals surface area (Å²) < 4.78 is 24.0. The van der Waals surface area contributed by atoms with E-state index in [2.05, 4.69) is 4.98 Å². The zero-order chi connectivity index (χ0) is 29.9. The second-order valence-electron chi connectivity index (χ2n) is 9.94. The molecular weight excluding hydrogens is 588 g/mol. The van der Waals surface area contributed by atoms with Crippen molar-refractivity contribution in [2.75, 3.05) is 40.4 Å². The zero-order valence-corrected chi connectivity index (χ0v) is 25.6. The molecule has 4 heterocycles. The van der Waals surface area contributed by atoms with Crippen LogP contribution in [0.3, 0.4) is 0 Å². The summed E-state index contributed by atoms with van der Waals surface area (Å²) in [6.45, 7) is 0.778. The van der Waals surface area contributed by atoms with Gasteiger partial charge in [-0.1, -0.05) is 16.9 Å². The Kier molecular flexibility index (Phi) is 8.48. The molecular formula is C31H30N4O6S2. The normalized spacial score (nSPS) is 12.3. The van der Waals surface area contributed by atoms with Crippen LogP contribution >= 0.6 is 21.6 Å². The fraction of sp³-hybridized carbons (Fsp3) is 0.290. The van der Waals surface area contributed by atoms with Gasteiger partial charge in [0.1, 0.15) is 5.03 Å². The topological polar surface area (TPSA) is 105 Å². The number of aromatic nitrogens is 3. The summed E-state index contributed by atoms with van der Waals surface area (Å²) >= 11 is 0. The van der Waals surface area contributed by atoms with Crippen molar-refractivity contribution in [1.29, 1.82) is 0 Å². The lowest BCUT2D eigenvalue weighted by atomic mass is 10.0. The molecule has 10 nitrogen and oxygen atoms in total. The number of hydrogen-bond acceptors (Lipinski definition) is 10. The molecule has 0 saturated heterocycles. The number of methoxy groups -OCH3 is 2. The Labute approximate surface area is 255 Å². The molecule has 0 spiro atoms. The van der Waals surface area contributed by atoms with Gasteiger partial charge in [-0.05, 0) is 47.5 Å². The van der Waals surface area contributed by atoms with E-state index in [4.69, 9.17) is 23.9 Å². The van der Waals surface area contributed by atoms with Gasteiger partial charge in [-0.25, -0.2) is 4.98 Å². The van der Waals surface area contributed by atoms with E-state index in [1.54, 1.807) is 63.7 Å². The number of hydrogen-bond donors (Lipinski definition) is 0. The van der Waals surface area contributed by atoms with Crippen LogP contribution in [0.5, 0.6) is 23.0 Å². The number of pyridine rings is 3. The SMILES string of the molecule is COc1cc2c(=O)n(CCN(C)C(=O)CCCSSc3ccccn3)c3c4cc5c(cc4ncc3c2cc1OC)OCO5. The fourth-order valence-electron chi connectivity index (χ4n) is 5.14. The molecule has 0 aliphatic carbocycles. The van der Waals surface area contributed by atoms with Crippen LogP contribution < -0.4 is 24.5 Å². The molecule has 2 aromatic carbocycles. The molecule has 0 N–H and O–H groups in total. The van der Waals surface area contributed by atoms with Gasteiger partial charge in [-0.15, -0.1) is 0 Å². The lowest BCUT2D eigenvalue weighted by molar-refractivity contribution is -0.130. The number of likely N-dealkylation sites (N-methyl/N-ethyl adjacent to an activating group) is 1. The van der Waals surface area contributed by atoms with Gasteiger partial charge in [-0.2, -0.15) is 0 Å². The Balaban J connectivity index is 1.29. The van der Waals surface area contributed by atoms with E-state index >= 15 is 0 Å². The molecule has 0 saturated carbocycles. The molecule has 0 bridgehead atoms. The average Bonchev–Trinajstić information content (AvgIpc) is 3.50. The molecule has 1 aliphatic rings. The predicted molar refractivity (Wildman–Crippen MR) is 170 cm³/mol. The number of benzene rings is 2. The first kappa shape index (κ1) is 28.9. The van der Waals surface area contributed by atoms with Crippen molar-refractivity contribution < 1.29 is 23.7 Å². The molecule has 0 fully saturated rings. The molecule has 0 radical (unpaired) electrons. The standard InChI is InChI=1S/C31H30N4O6S2/c1-34(29(36)8-6-12-42-43-28-7-4-5-9-32-28)10-11-35-30-21-15-26-27(41-18-40-26)16-23(21)33-17-22(30)19-13-24(38-2)25(39-3)14-20(19)31(35)37/h4-5,7,9,13-17H,6,8,10-12,18H2,1-3H3. The number of nitrogens with zero attached hydrogens (tertiary/aromatic N) is 4. The van der Waals surface area contributed by atoms with Gasteiger partial charge in [0.05, 0.1) is 30.6 Å². The van der Waals surface area contributed by atoms with Crippen LogP contribution in [0.4, 0.5) is 0 Å². The molecule has 5 aromatic rings. The van der Waals surface area contributed by atoms with E-state index < -0.39 is 0 Å². The van der Waals surface area contributed by atoms with E-state index in [-0.39, 0.29) is 18.3 Å². The lowest BCUT2D eigenvalue weighted by Gasteiger charge is -2.21. The van der Waals surface area contributed by atoms with Gasteiger partial charge in [0, 0.05) is 66.9 Å². The van der Waals surface area contributed by atoms with Crippen LogP contribution in [0.25, 0.3) is 32.6 Å². The number of carbonyl (C=O) groups is 1. The van der Waals surface area contributed by atoms with Crippen LogP contribution in [0.1, 0.15) is 12.8 Å². The minimum absolute atomic E-state index is 0.0304. The van der Waals surface area contributed by atoms with E-state index in [1.165, 1.54) is 7.11 Å². The van der Waals surface area contributed by atoms with Crippen molar-refractivity contribution in [3.05, 3.63) is 65.2 Å². The minimum atomic E-state index is -0.197. The second kappa shape index (κ2) is 12.6. The number of amides is 1. The molecule has 222 valence electrons. The molecule has 12 heteroatoms. The molecule has 43 heavy (non-hydrogen) atoms. The number of rotatable bonds is 11. The smallest absolute Gasteiger partial charge is 0.259 e. The molecule has 3 aromatic heterocycles. The first-order chi connectivity index (χ1) is 21.0. The summed E-state index contributed by atoms with van der Waals surface area (Å²) in [6, 6.07) is 13.0. The van der Waals surface area contributed by atoms with E-state index in [0.717, 1.165) is 28.0 Å². The van der Waals surface area contributed by atoms with Crippen LogP contribution in [0, 0.1) is 0 Å². The monoisotopic (exact) mass is 618 g/mol. The highest BCUT2D eigenvalue weighted by molar-refractivity contribution is 8.76. The van der Waals surface area contributed by atoms with Gasteiger partial charge in [0.2, 0.25) is 12.7 Å². The molecule has 1 amide bonds. The summed E-state index contributed by atoms with van der Waals surface area (Å²) in [5.74, 6) is 3.04. The summed E-state index contributed by atoms with van der Waals surface area (Å²) in [6.07, 6.45) is 4.71. The van der Waals surface area contributed by atoms with E-state index in [1.807, 2.05) is 36.4 Å². The third kappa shape index (κ3) is 5.76. The van der Waals surface area contributed by atoms with Crippen LogP contribution in [0.2, 0.25) is 0 Å². The fourth-order valence-corrected chi connectivity index (χ4v) is 7.11. The molecule has 1 aliphatic heterocycles.